The summed E-state index contributed by atoms with van der Waals surface area (Å²) < 4.78 is 16.0. The molecular formula is C8H13ClO4. The van der Waals surface area contributed by atoms with Crippen LogP contribution in [0.1, 0.15) is 20.8 Å². The molecule has 0 aromatic rings. The van der Waals surface area contributed by atoms with Crippen LogP contribution in [0.4, 0.5) is 0 Å². The van der Waals surface area contributed by atoms with Crippen LogP contribution in [0.15, 0.2) is 0 Å². The van der Waals surface area contributed by atoms with Crippen molar-refractivity contribution in [2.24, 2.45) is 0 Å². The average molecular weight is 209 g/mol. The summed E-state index contributed by atoms with van der Waals surface area (Å²) in [4.78, 5) is 0. The Hall–Kier alpha value is 0.130. The molecule has 0 bridgehead atoms. The molecule has 2 rings (SSSR count). The highest BCUT2D eigenvalue weighted by Crippen LogP contribution is 2.44. The Kier molecular flexibility index (Phi) is 1.92. The van der Waals surface area contributed by atoms with Gasteiger partial charge in [-0.25, -0.2) is 0 Å². The first kappa shape index (κ1) is 9.68. The van der Waals surface area contributed by atoms with Crippen molar-refractivity contribution in [3.63, 3.8) is 0 Å². The summed E-state index contributed by atoms with van der Waals surface area (Å²) in [6, 6.07) is 0. The molecule has 0 aliphatic carbocycles. The quantitative estimate of drug-likeness (QED) is 0.599. The lowest BCUT2D eigenvalue weighted by Crippen LogP contribution is -2.37. The lowest BCUT2D eigenvalue weighted by atomic mass is 10.2. The van der Waals surface area contributed by atoms with E-state index in [1.807, 2.05) is 0 Å². The van der Waals surface area contributed by atoms with Crippen molar-refractivity contribution in [1.29, 1.82) is 0 Å². The molecule has 0 unspecified atom stereocenters. The van der Waals surface area contributed by atoms with Crippen LogP contribution >= 0.6 is 11.6 Å². The highest BCUT2D eigenvalue weighted by molar-refractivity contribution is 6.22. The molecule has 2 aliphatic heterocycles. The third-order valence-corrected chi connectivity index (χ3v) is 2.60. The van der Waals surface area contributed by atoms with Gasteiger partial charge >= 0.3 is 0 Å². The van der Waals surface area contributed by atoms with E-state index >= 15 is 0 Å². The fourth-order valence-corrected chi connectivity index (χ4v) is 2.11. The first-order valence-corrected chi connectivity index (χ1v) is 4.64. The van der Waals surface area contributed by atoms with Crippen molar-refractivity contribution < 1.29 is 19.3 Å². The van der Waals surface area contributed by atoms with Gasteiger partial charge in [-0.05, 0) is 20.8 Å². The van der Waals surface area contributed by atoms with Crippen molar-refractivity contribution in [2.75, 3.05) is 0 Å². The van der Waals surface area contributed by atoms with Gasteiger partial charge in [0.2, 0.25) is 0 Å². The van der Waals surface area contributed by atoms with Gasteiger partial charge in [-0.15, -0.1) is 0 Å². The molecule has 0 spiro atoms. The number of hydrogen-bond acceptors (Lipinski definition) is 4. The lowest BCUT2D eigenvalue weighted by Gasteiger charge is -2.24. The summed E-state index contributed by atoms with van der Waals surface area (Å²) in [6.07, 6.45) is -1.16. The first-order valence-electron chi connectivity index (χ1n) is 4.26. The predicted octanol–water partition coefficient (Wildman–Crippen LogP) is 0.810. The van der Waals surface area contributed by atoms with Gasteiger partial charge < -0.3 is 19.3 Å². The van der Waals surface area contributed by atoms with Crippen molar-refractivity contribution in [3.8, 4) is 0 Å². The zero-order valence-electron chi connectivity index (χ0n) is 7.78. The fraction of sp³-hybridized carbons (Fsp3) is 1.00. The molecule has 1 N–H and O–H groups in total. The first-order chi connectivity index (χ1) is 5.82. The smallest absolute Gasteiger partial charge is 0.276 e. The van der Waals surface area contributed by atoms with Gasteiger partial charge in [0, 0.05) is 0 Å². The third kappa shape index (κ3) is 1.47. The van der Waals surface area contributed by atoms with Gasteiger partial charge in [-0.3, -0.25) is 0 Å². The molecular weight excluding hydrogens is 196 g/mol. The standard InChI is InChI=1S/C8H13ClO4/c1-4-5-6(8(9,10)11-4)13-7(2,3)12-5/h4-6,10H,1-3H3/t4-,5-,6-,8+/m1/s1. The zero-order valence-corrected chi connectivity index (χ0v) is 8.54. The van der Waals surface area contributed by atoms with E-state index < -0.39 is 17.1 Å². The average Bonchev–Trinajstić information content (AvgIpc) is 2.32. The molecule has 0 aromatic carbocycles. The Morgan fingerprint density at radius 1 is 1.23 bits per heavy atom. The summed E-state index contributed by atoms with van der Waals surface area (Å²) in [7, 11) is 0. The molecule has 0 aromatic heterocycles. The summed E-state index contributed by atoms with van der Waals surface area (Å²) in [6.45, 7) is 5.36. The Bertz CT molecular complexity index is 228. The molecule has 0 saturated carbocycles. The number of hydrogen-bond donors (Lipinski definition) is 1. The number of rotatable bonds is 0. The maximum atomic E-state index is 9.61. The Labute approximate surface area is 81.7 Å². The predicted molar refractivity (Wildman–Crippen MR) is 45.2 cm³/mol. The molecule has 0 amide bonds. The maximum Gasteiger partial charge on any atom is 0.276 e. The number of fused-ring (bicyclic) bond motifs is 1. The van der Waals surface area contributed by atoms with Gasteiger partial charge in [-0.2, -0.15) is 0 Å². The molecule has 0 radical (unpaired) electrons. The van der Waals surface area contributed by atoms with Crippen LogP contribution in [0.5, 0.6) is 0 Å². The van der Waals surface area contributed by atoms with E-state index in [1.165, 1.54) is 0 Å². The summed E-state index contributed by atoms with van der Waals surface area (Å²) in [5.41, 5.74) is 0. The second-order valence-corrected chi connectivity index (χ2v) is 4.49. The summed E-state index contributed by atoms with van der Waals surface area (Å²) in [5, 5.41) is 7.85. The van der Waals surface area contributed by atoms with Crippen LogP contribution in [0.3, 0.4) is 0 Å². The van der Waals surface area contributed by atoms with E-state index in [0.29, 0.717) is 0 Å². The summed E-state index contributed by atoms with van der Waals surface area (Å²) >= 11 is 5.72. The molecule has 13 heavy (non-hydrogen) atoms. The Morgan fingerprint density at radius 3 is 2.38 bits per heavy atom. The molecule has 4 nitrogen and oxygen atoms in total. The highest BCUT2D eigenvalue weighted by Gasteiger charge is 2.60. The molecule has 4 atom stereocenters. The second-order valence-electron chi connectivity index (χ2n) is 3.95. The largest absolute Gasteiger partial charge is 0.351 e. The minimum atomic E-state index is -1.75. The summed E-state index contributed by atoms with van der Waals surface area (Å²) in [5.74, 6) is -0.698. The minimum Gasteiger partial charge on any atom is -0.351 e. The zero-order chi connectivity index (χ0) is 9.85. The fourth-order valence-electron chi connectivity index (χ4n) is 1.80. The van der Waals surface area contributed by atoms with Crippen LogP contribution in [0.25, 0.3) is 0 Å². The SMILES string of the molecule is C[C@H]1O[C@](O)(Cl)[C@@H]2OC(C)(C)O[C@@H]21. The Balaban J connectivity index is 2.23. The maximum absolute atomic E-state index is 9.61. The van der Waals surface area contributed by atoms with Crippen molar-refractivity contribution in [2.45, 2.75) is 50.1 Å². The van der Waals surface area contributed by atoms with E-state index in [-0.39, 0.29) is 12.2 Å². The molecule has 2 heterocycles. The molecule has 2 fully saturated rings. The van der Waals surface area contributed by atoms with Crippen molar-refractivity contribution in [3.05, 3.63) is 0 Å². The van der Waals surface area contributed by atoms with E-state index in [2.05, 4.69) is 0 Å². The van der Waals surface area contributed by atoms with Gasteiger partial charge in [0.1, 0.15) is 6.10 Å². The second kappa shape index (κ2) is 2.58. The van der Waals surface area contributed by atoms with Gasteiger partial charge in [0.15, 0.2) is 11.9 Å². The number of alkyl halides is 1. The monoisotopic (exact) mass is 208 g/mol. The number of aliphatic hydroxyl groups is 1. The van der Waals surface area contributed by atoms with E-state index in [0.717, 1.165) is 0 Å². The van der Waals surface area contributed by atoms with Gasteiger partial charge in [0.25, 0.3) is 5.25 Å². The molecule has 2 saturated heterocycles. The van der Waals surface area contributed by atoms with E-state index in [1.54, 1.807) is 20.8 Å². The lowest BCUT2D eigenvalue weighted by molar-refractivity contribution is -0.235. The van der Waals surface area contributed by atoms with Crippen LogP contribution in [-0.4, -0.2) is 34.5 Å². The highest BCUT2D eigenvalue weighted by atomic mass is 35.5. The minimum absolute atomic E-state index is 0.255. The normalized spacial score (nSPS) is 53.8. The number of ether oxygens (including phenoxy) is 3. The molecule has 5 heteroatoms. The molecule has 2 aliphatic rings. The molecule has 76 valence electrons. The Morgan fingerprint density at radius 2 is 1.85 bits per heavy atom. The van der Waals surface area contributed by atoms with Crippen LogP contribution < -0.4 is 0 Å². The topological polar surface area (TPSA) is 47.9 Å². The van der Waals surface area contributed by atoms with Crippen LogP contribution in [0.2, 0.25) is 0 Å². The van der Waals surface area contributed by atoms with Gasteiger partial charge in [-0.1, -0.05) is 11.6 Å². The third-order valence-electron chi connectivity index (χ3n) is 2.29. The van der Waals surface area contributed by atoms with Crippen molar-refractivity contribution in [1.82, 2.24) is 0 Å². The van der Waals surface area contributed by atoms with E-state index in [4.69, 9.17) is 25.8 Å². The van der Waals surface area contributed by atoms with Crippen LogP contribution in [0, 0.1) is 0 Å². The van der Waals surface area contributed by atoms with Crippen molar-refractivity contribution >= 4 is 11.6 Å². The van der Waals surface area contributed by atoms with Crippen LogP contribution in [-0.2, 0) is 14.2 Å². The van der Waals surface area contributed by atoms with E-state index in [9.17, 15) is 5.11 Å². The number of halogens is 1. The van der Waals surface area contributed by atoms with Gasteiger partial charge in [0.05, 0.1) is 6.10 Å².